The molecule has 1 aliphatic rings. The van der Waals surface area contributed by atoms with Gasteiger partial charge < -0.3 is 34.6 Å². The highest BCUT2D eigenvalue weighted by Gasteiger charge is 2.34. The summed E-state index contributed by atoms with van der Waals surface area (Å²) >= 11 is 0. The van der Waals surface area contributed by atoms with Crippen LogP contribution in [0, 0.1) is 19.8 Å². The molecule has 4 atom stereocenters. The Labute approximate surface area is 282 Å². The van der Waals surface area contributed by atoms with E-state index in [0.717, 1.165) is 12.8 Å². The van der Waals surface area contributed by atoms with Gasteiger partial charge in [-0.1, -0.05) is 30.3 Å². The Balaban J connectivity index is 1.64. The van der Waals surface area contributed by atoms with Crippen LogP contribution in [0.25, 0.3) is 0 Å². The van der Waals surface area contributed by atoms with E-state index in [4.69, 9.17) is 14.0 Å². The van der Waals surface area contributed by atoms with Gasteiger partial charge in [0, 0.05) is 44.0 Å². The van der Waals surface area contributed by atoms with Crippen LogP contribution in [-0.4, -0.2) is 91.4 Å². The molecule has 262 valence electrons. The molecule has 2 aromatic carbocycles. The second-order valence-corrected chi connectivity index (χ2v) is 14.4. The minimum absolute atomic E-state index is 0.0177. The van der Waals surface area contributed by atoms with Crippen molar-refractivity contribution in [2.24, 2.45) is 5.92 Å². The molecule has 13 nitrogen and oxygen atoms in total. The molecule has 1 aromatic heterocycles. The highest BCUT2D eigenvalue weighted by molar-refractivity contribution is 7.89. The minimum Gasteiger partial charge on any atom is -0.490 e. The van der Waals surface area contributed by atoms with E-state index < -0.39 is 34.1 Å². The van der Waals surface area contributed by atoms with E-state index in [-0.39, 0.29) is 53.6 Å². The lowest BCUT2D eigenvalue weighted by Gasteiger charge is -2.35. The van der Waals surface area contributed by atoms with Gasteiger partial charge in [0.05, 0.1) is 30.4 Å². The number of aromatic nitrogens is 1. The number of aliphatic hydroxyl groups is 1. The minimum atomic E-state index is -3.95. The number of aryl methyl sites for hydroxylation is 2. The van der Waals surface area contributed by atoms with E-state index in [1.165, 1.54) is 16.3 Å². The van der Waals surface area contributed by atoms with Crippen molar-refractivity contribution in [3.05, 3.63) is 65.5 Å². The first-order valence-electron chi connectivity index (χ1n) is 16.2. The quantitative estimate of drug-likeness (QED) is 0.294. The molecule has 0 radical (unpaired) electrons. The summed E-state index contributed by atoms with van der Waals surface area (Å²) in [5, 5.41) is 19.6. The van der Waals surface area contributed by atoms with Crippen LogP contribution in [0.4, 0.5) is 16.2 Å². The van der Waals surface area contributed by atoms with Crippen LogP contribution in [0.15, 0.2) is 57.9 Å². The maximum atomic E-state index is 14.3. The molecular formula is C34H47N5O8S. The number of ether oxygens (including phenoxy) is 2. The highest BCUT2D eigenvalue weighted by atomic mass is 32.2. The van der Waals surface area contributed by atoms with Crippen molar-refractivity contribution in [3.8, 4) is 5.75 Å². The van der Waals surface area contributed by atoms with Crippen LogP contribution in [-0.2, 0) is 14.8 Å². The summed E-state index contributed by atoms with van der Waals surface area (Å²) in [4.78, 5) is 28.7. The first-order chi connectivity index (χ1) is 22.8. The Morgan fingerprint density at radius 3 is 2.48 bits per heavy atom. The normalized spacial score (nSPS) is 20.4. The Kier molecular flexibility index (Phi) is 12.6. The molecule has 0 saturated carbocycles. The van der Waals surface area contributed by atoms with Crippen molar-refractivity contribution in [3.63, 3.8) is 0 Å². The van der Waals surface area contributed by atoms with Crippen LogP contribution in [0.5, 0.6) is 5.75 Å². The molecular weight excluding hydrogens is 638 g/mol. The molecule has 0 unspecified atom stereocenters. The van der Waals surface area contributed by atoms with Crippen molar-refractivity contribution in [2.75, 3.05) is 44.0 Å². The number of rotatable bonds is 8. The van der Waals surface area contributed by atoms with Gasteiger partial charge in [-0.3, -0.25) is 4.79 Å². The summed E-state index contributed by atoms with van der Waals surface area (Å²) in [7, 11) is -2.46. The van der Waals surface area contributed by atoms with Crippen LogP contribution in [0.3, 0.4) is 0 Å². The number of hydrogen-bond acceptors (Lipinski definition) is 9. The van der Waals surface area contributed by atoms with Crippen LogP contribution in [0.1, 0.15) is 61.8 Å². The smallest absolute Gasteiger partial charge is 0.323 e. The zero-order chi connectivity index (χ0) is 35.0. The summed E-state index contributed by atoms with van der Waals surface area (Å²) in [6.07, 6.45) is 1.38. The van der Waals surface area contributed by atoms with Gasteiger partial charge in [0.15, 0.2) is 5.76 Å². The van der Waals surface area contributed by atoms with Crippen molar-refractivity contribution in [1.82, 2.24) is 14.4 Å². The summed E-state index contributed by atoms with van der Waals surface area (Å²) in [6, 6.07) is 12.8. The molecule has 0 spiro atoms. The molecule has 0 fully saturated rings. The van der Waals surface area contributed by atoms with E-state index in [1.54, 1.807) is 51.1 Å². The lowest BCUT2D eigenvalue weighted by molar-refractivity contribution is -0.00835. The van der Waals surface area contributed by atoms with Crippen LogP contribution >= 0.6 is 0 Å². The van der Waals surface area contributed by atoms with Crippen molar-refractivity contribution < 1.29 is 37.1 Å². The van der Waals surface area contributed by atoms with Crippen LogP contribution in [0.2, 0.25) is 0 Å². The molecule has 1 aliphatic heterocycles. The summed E-state index contributed by atoms with van der Waals surface area (Å²) < 4.78 is 46.0. The lowest BCUT2D eigenvalue weighted by atomic mass is 10.0. The Hall–Kier alpha value is -3.98. The zero-order valence-electron chi connectivity index (χ0n) is 28.4. The van der Waals surface area contributed by atoms with Gasteiger partial charge in [-0.25, -0.2) is 13.2 Å². The fourth-order valence-corrected chi connectivity index (χ4v) is 7.09. The summed E-state index contributed by atoms with van der Waals surface area (Å²) in [5.41, 5.74) is 1.49. The number of carbonyl (C=O) groups excluding carboxylic acids is 2. The van der Waals surface area contributed by atoms with E-state index in [1.807, 2.05) is 32.0 Å². The number of aliphatic hydroxyl groups excluding tert-OH is 1. The third-order valence-corrected chi connectivity index (χ3v) is 10.5. The fourth-order valence-electron chi connectivity index (χ4n) is 5.63. The summed E-state index contributed by atoms with van der Waals surface area (Å²) in [5.74, 6) is -0.201. The molecule has 3 N–H and O–H groups in total. The van der Waals surface area contributed by atoms with Gasteiger partial charge in [0.1, 0.15) is 16.3 Å². The first-order valence-corrected chi connectivity index (χ1v) is 17.6. The van der Waals surface area contributed by atoms with Crippen molar-refractivity contribution in [1.29, 1.82) is 0 Å². The largest absolute Gasteiger partial charge is 0.490 e. The molecule has 2 heterocycles. The predicted molar refractivity (Wildman–Crippen MR) is 182 cm³/mol. The SMILES string of the molecule is Cc1noc(C)c1S(=O)(=O)N(C)C[C@@H]1OCCCC[C@H](C)Oc2ccc(NC(=O)Nc3ccccc3)cc2C(=O)N([C@@H](C)CO)C[C@H]1C. The zero-order valence-corrected chi connectivity index (χ0v) is 29.2. The number of para-hydroxylation sites is 1. The molecule has 0 aliphatic carbocycles. The van der Waals surface area contributed by atoms with E-state index in [0.29, 0.717) is 30.2 Å². The number of carbonyl (C=O) groups is 2. The van der Waals surface area contributed by atoms with E-state index in [9.17, 15) is 23.1 Å². The molecule has 48 heavy (non-hydrogen) atoms. The van der Waals surface area contributed by atoms with Crippen molar-refractivity contribution in [2.45, 2.75) is 77.0 Å². The standard InChI is InChI=1S/C34H47N5O8S/c1-22-19-39(23(2)21-40)33(41)29-18-28(36-34(42)35-27-13-8-7-9-14-27)15-16-30(29)46-24(3)12-10-11-17-45-31(22)20-38(6)48(43,44)32-25(4)37-47-26(32)5/h7-9,13-16,18,22-24,31,40H,10-12,17,19-21H2,1-6H3,(H2,35,36,42)/t22-,23+,24+,31+/m1/s1. The number of sulfonamides is 1. The molecule has 0 bridgehead atoms. The first kappa shape index (κ1) is 36.8. The van der Waals surface area contributed by atoms with Gasteiger partial charge in [-0.05, 0) is 77.3 Å². The molecule has 3 aromatic rings. The van der Waals surface area contributed by atoms with Gasteiger partial charge >= 0.3 is 6.03 Å². The monoisotopic (exact) mass is 685 g/mol. The van der Waals surface area contributed by atoms with E-state index in [2.05, 4.69) is 15.8 Å². The fraction of sp³-hybridized carbons (Fsp3) is 0.500. The number of nitrogens with zero attached hydrogens (tertiary/aromatic N) is 3. The number of amides is 3. The molecule has 4 rings (SSSR count). The predicted octanol–water partition coefficient (Wildman–Crippen LogP) is 5.05. The third kappa shape index (κ3) is 9.13. The summed E-state index contributed by atoms with van der Waals surface area (Å²) in [6.45, 7) is 8.93. The molecule has 3 amide bonds. The number of urea groups is 1. The average molecular weight is 686 g/mol. The second-order valence-electron chi connectivity index (χ2n) is 12.4. The maximum Gasteiger partial charge on any atom is 0.323 e. The van der Waals surface area contributed by atoms with Gasteiger partial charge in [-0.15, -0.1) is 0 Å². The molecule has 0 saturated heterocycles. The second kappa shape index (κ2) is 16.4. The number of likely N-dealkylation sites (N-methyl/N-ethyl adjacent to an activating group) is 1. The number of benzene rings is 2. The number of nitrogens with one attached hydrogen (secondary N) is 2. The average Bonchev–Trinajstić information content (AvgIpc) is 3.40. The van der Waals surface area contributed by atoms with Gasteiger partial charge in [0.25, 0.3) is 5.91 Å². The Morgan fingerprint density at radius 1 is 1.10 bits per heavy atom. The Morgan fingerprint density at radius 2 is 1.81 bits per heavy atom. The highest BCUT2D eigenvalue weighted by Crippen LogP contribution is 2.29. The number of hydrogen-bond donors (Lipinski definition) is 3. The van der Waals surface area contributed by atoms with Gasteiger partial charge in [0.2, 0.25) is 10.0 Å². The number of anilines is 2. The number of fused-ring (bicyclic) bond motifs is 1. The van der Waals surface area contributed by atoms with E-state index >= 15 is 0 Å². The van der Waals surface area contributed by atoms with Crippen molar-refractivity contribution >= 4 is 33.3 Å². The third-order valence-electron chi connectivity index (χ3n) is 8.41. The lowest BCUT2D eigenvalue weighted by Crippen LogP contribution is -2.48. The topological polar surface area (TPSA) is 164 Å². The van der Waals surface area contributed by atoms with Gasteiger partial charge in [-0.2, -0.15) is 4.31 Å². The van der Waals surface area contributed by atoms with Crippen LogP contribution < -0.4 is 15.4 Å². The maximum absolute atomic E-state index is 14.3. The molecule has 14 heteroatoms. The Bertz CT molecular complexity index is 1630.